The van der Waals surface area contributed by atoms with Crippen LogP contribution >= 0.6 is 11.5 Å². The first-order valence-corrected chi connectivity index (χ1v) is 5.73. The van der Waals surface area contributed by atoms with Crippen LogP contribution in [0.4, 0.5) is 0 Å². The highest BCUT2D eigenvalue weighted by molar-refractivity contribution is 7.03. The fraction of sp³-hybridized carbons (Fsp3) is 0.700. The monoisotopic (exact) mass is 197 g/mol. The Hall–Kier alpha value is -0.410. The molecule has 0 radical (unpaired) electrons. The van der Waals surface area contributed by atoms with Gasteiger partial charge in [0.15, 0.2) is 0 Å². The van der Waals surface area contributed by atoms with Gasteiger partial charge in [-0.05, 0) is 36.7 Å². The lowest BCUT2D eigenvalue weighted by Crippen LogP contribution is -2.29. The summed E-state index contributed by atoms with van der Waals surface area (Å²) in [4.78, 5) is 0. The van der Waals surface area contributed by atoms with Crippen LogP contribution in [0.25, 0.3) is 0 Å². The van der Waals surface area contributed by atoms with Crippen LogP contribution in [0.15, 0.2) is 11.6 Å². The van der Waals surface area contributed by atoms with Gasteiger partial charge in [-0.15, -0.1) is 0 Å². The summed E-state index contributed by atoms with van der Waals surface area (Å²) >= 11 is 1.43. The topological polar surface area (TPSA) is 33.1 Å². The minimum absolute atomic E-state index is 0.434. The smallest absolute Gasteiger partial charge is 0.0947 e. The Labute approximate surface area is 82.8 Å². The number of hydrogen-bond donors (Lipinski definition) is 1. The van der Waals surface area contributed by atoms with E-state index in [9.17, 15) is 5.11 Å². The molecule has 0 bridgehead atoms. The van der Waals surface area contributed by atoms with Crippen LogP contribution in [0.1, 0.15) is 38.2 Å². The molecule has 1 aliphatic rings. The first kappa shape index (κ1) is 9.16. The van der Waals surface area contributed by atoms with E-state index in [1.165, 1.54) is 11.5 Å². The van der Waals surface area contributed by atoms with Gasteiger partial charge in [-0.1, -0.05) is 13.3 Å². The summed E-state index contributed by atoms with van der Waals surface area (Å²) in [5, 5.41) is 12.5. The minimum Gasteiger partial charge on any atom is -0.385 e. The van der Waals surface area contributed by atoms with Crippen molar-refractivity contribution in [3.05, 3.63) is 17.1 Å². The van der Waals surface area contributed by atoms with E-state index in [2.05, 4.69) is 11.3 Å². The highest BCUT2D eigenvalue weighted by Crippen LogP contribution is 2.45. The van der Waals surface area contributed by atoms with Crippen molar-refractivity contribution in [2.75, 3.05) is 0 Å². The summed E-state index contributed by atoms with van der Waals surface area (Å²) in [7, 11) is 0. The molecular weight excluding hydrogens is 182 g/mol. The van der Waals surface area contributed by atoms with Gasteiger partial charge >= 0.3 is 0 Å². The summed E-state index contributed by atoms with van der Waals surface area (Å²) in [6.07, 6.45) is 6.09. The highest BCUT2D eigenvalue weighted by atomic mass is 32.1. The maximum Gasteiger partial charge on any atom is 0.0947 e. The van der Waals surface area contributed by atoms with Crippen molar-refractivity contribution < 1.29 is 5.11 Å². The molecule has 13 heavy (non-hydrogen) atoms. The quantitative estimate of drug-likeness (QED) is 0.790. The van der Waals surface area contributed by atoms with E-state index >= 15 is 0 Å². The zero-order valence-corrected chi connectivity index (χ0v) is 8.68. The highest BCUT2D eigenvalue weighted by Gasteiger charge is 2.41. The number of aliphatic hydroxyl groups is 1. The van der Waals surface area contributed by atoms with Gasteiger partial charge in [-0.2, -0.15) is 0 Å². The molecule has 2 rings (SSSR count). The molecule has 2 nitrogen and oxygen atoms in total. The third kappa shape index (κ3) is 1.40. The fourth-order valence-corrected chi connectivity index (χ4v) is 3.02. The number of aromatic nitrogens is 1. The molecule has 0 aromatic carbocycles. The summed E-state index contributed by atoms with van der Waals surface area (Å²) in [5.74, 6) is 0.434. The van der Waals surface area contributed by atoms with Gasteiger partial charge in [0.25, 0.3) is 0 Å². The lowest BCUT2D eigenvalue weighted by Gasteiger charge is -2.28. The van der Waals surface area contributed by atoms with Gasteiger partial charge in [0.1, 0.15) is 0 Å². The molecular formula is C10H15NOS. The molecule has 1 fully saturated rings. The van der Waals surface area contributed by atoms with E-state index < -0.39 is 5.60 Å². The van der Waals surface area contributed by atoms with Gasteiger partial charge in [0.2, 0.25) is 0 Å². The molecule has 2 unspecified atom stereocenters. The van der Waals surface area contributed by atoms with E-state index in [-0.39, 0.29) is 0 Å². The van der Waals surface area contributed by atoms with Crippen molar-refractivity contribution in [3.8, 4) is 0 Å². The maximum atomic E-state index is 10.5. The predicted molar refractivity (Wildman–Crippen MR) is 53.6 cm³/mol. The Morgan fingerprint density at radius 1 is 1.77 bits per heavy atom. The van der Waals surface area contributed by atoms with Crippen LogP contribution in [0.3, 0.4) is 0 Å². The second kappa shape index (κ2) is 3.39. The average molecular weight is 197 g/mol. The standard InChI is InChI=1S/C10H15NOS/c1-2-8-4-3-5-10(8,12)9-6-11-13-7-9/h6-8,12H,2-5H2,1H3. The summed E-state index contributed by atoms with van der Waals surface area (Å²) in [6, 6.07) is 0. The van der Waals surface area contributed by atoms with Crippen molar-refractivity contribution >= 4 is 11.5 Å². The van der Waals surface area contributed by atoms with Crippen LogP contribution < -0.4 is 0 Å². The minimum atomic E-state index is -0.568. The lowest BCUT2D eigenvalue weighted by molar-refractivity contribution is -0.00365. The fourth-order valence-electron chi connectivity index (χ4n) is 2.40. The number of rotatable bonds is 2. The Morgan fingerprint density at radius 2 is 2.62 bits per heavy atom. The van der Waals surface area contributed by atoms with Gasteiger partial charge in [0, 0.05) is 17.1 Å². The number of nitrogens with zero attached hydrogens (tertiary/aromatic N) is 1. The third-order valence-corrected chi connectivity index (χ3v) is 3.80. The van der Waals surface area contributed by atoms with Crippen LogP contribution in [0.5, 0.6) is 0 Å². The zero-order chi connectivity index (χ0) is 9.31. The molecule has 1 N–H and O–H groups in total. The summed E-state index contributed by atoms with van der Waals surface area (Å²) < 4.78 is 4.06. The second-order valence-electron chi connectivity index (χ2n) is 3.83. The van der Waals surface area contributed by atoms with Crippen LogP contribution in [-0.2, 0) is 5.60 Å². The normalized spacial score (nSPS) is 33.8. The summed E-state index contributed by atoms with van der Waals surface area (Å²) in [5.41, 5.74) is 0.462. The predicted octanol–water partition coefficient (Wildman–Crippen LogP) is 2.54. The van der Waals surface area contributed by atoms with Crippen molar-refractivity contribution in [1.82, 2.24) is 4.37 Å². The lowest BCUT2D eigenvalue weighted by atomic mass is 9.84. The van der Waals surface area contributed by atoms with E-state index in [0.29, 0.717) is 5.92 Å². The second-order valence-corrected chi connectivity index (χ2v) is 4.49. The number of hydrogen-bond acceptors (Lipinski definition) is 3. The van der Waals surface area contributed by atoms with Crippen LogP contribution in [0, 0.1) is 5.92 Å². The van der Waals surface area contributed by atoms with Gasteiger partial charge < -0.3 is 5.11 Å². The van der Waals surface area contributed by atoms with Gasteiger partial charge in [-0.3, -0.25) is 0 Å². The molecule has 1 aliphatic carbocycles. The Kier molecular flexibility index (Phi) is 2.39. The average Bonchev–Trinajstić information content (AvgIpc) is 2.72. The first-order chi connectivity index (χ1) is 6.27. The van der Waals surface area contributed by atoms with Crippen molar-refractivity contribution in [1.29, 1.82) is 0 Å². The third-order valence-electron chi connectivity index (χ3n) is 3.21. The summed E-state index contributed by atoms with van der Waals surface area (Å²) in [6.45, 7) is 2.15. The molecule has 0 amide bonds. The zero-order valence-electron chi connectivity index (χ0n) is 7.86. The Balaban J connectivity index is 2.29. The molecule has 1 heterocycles. The van der Waals surface area contributed by atoms with Crippen LogP contribution in [-0.4, -0.2) is 9.48 Å². The largest absolute Gasteiger partial charge is 0.385 e. The molecule has 0 saturated heterocycles. The van der Waals surface area contributed by atoms with Crippen molar-refractivity contribution in [3.63, 3.8) is 0 Å². The molecule has 0 aliphatic heterocycles. The van der Waals surface area contributed by atoms with Crippen LogP contribution in [0.2, 0.25) is 0 Å². The molecule has 72 valence electrons. The van der Waals surface area contributed by atoms with Crippen molar-refractivity contribution in [2.24, 2.45) is 5.92 Å². The maximum absolute atomic E-state index is 10.5. The van der Waals surface area contributed by atoms with E-state index in [1.807, 2.05) is 11.6 Å². The van der Waals surface area contributed by atoms with E-state index in [1.54, 1.807) is 0 Å². The molecule has 1 saturated carbocycles. The van der Waals surface area contributed by atoms with Crippen molar-refractivity contribution in [2.45, 2.75) is 38.2 Å². The molecule has 1 aromatic heterocycles. The SMILES string of the molecule is CCC1CCCC1(O)c1cnsc1. The van der Waals surface area contributed by atoms with Gasteiger partial charge in [0.05, 0.1) is 5.60 Å². The van der Waals surface area contributed by atoms with E-state index in [4.69, 9.17) is 0 Å². The molecule has 3 heteroatoms. The molecule has 2 atom stereocenters. The Bertz CT molecular complexity index is 272. The first-order valence-electron chi connectivity index (χ1n) is 4.89. The molecule has 0 spiro atoms. The van der Waals surface area contributed by atoms with Gasteiger partial charge in [-0.25, -0.2) is 4.37 Å². The Morgan fingerprint density at radius 3 is 3.23 bits per heavy atom. The molecule has 1 aromatic rings. The van der Waals surface area contributed by atoms with E-state index in [0.717, 1.165) is 31.2 Å².